The zero-order valence-corrected chi connectivity index (χ0v) is 14.4. The van der Waals surface area contributed by atoms with Crippen molar-refractivity contribution in [2.75, 3.05) is 0 Å². The first-order chi connectivity index (χ1) is 11.7. The Bertz CT molecular complexity index is 832. The van der Waals surface area contributed by atoms with E-state index >= 15 is 0 Å². The molecule has 0 bridgehead atoms. The van der Waals surface area contributed by atoms with Crippen LogP contribution >= 0.6 is 0 Å². The number of phenols is 1. The van der Waals surface area contributed by atoms with E-state index in [1.54, 1.807) is 32.9 Å². The summed E-state index contributed by atoms with van der Waals surface area (Å²) in [6.07, 6.45) is -0.206. The molecule has 1 aromatic carbocycles. The van der Waals surface area contributed by atoms with Crippen LogP contribution in [0.3, 0.4) is 0 Å². The van der Waals surface area contributed by atoms with Gasteiger partial charge in [-0.1, -0.05) is 12.1 Å². The molecule has 7 heteroatoms. The fourth-order valence-electron chi connectivity index (χ4n) is 3.60. The van der Waals surface area contributed by atoms with Crippen molar-refractivity contribution in [3.05, 3.63) is 51.4 Å². The van der Waals surface area contributed by atoms with E-state index in [1.165, 1.54) is 12.1 Å². The second kappa shape index (κ2) is 6.07. The zero-order valence-electron chi connectivity index (χ0n) is 14.4. The van der Waals surface area contributed by atoms with Crippen LogP contribution in [0.1, 0.15) is 43.5 Å². The van der Waals surface area contributed by atoms with Gasteiger partial charge in [0.15, 0.2) is 0 Å². The number of ether oxygens (including phenoxy) is 1. The summed E-state index contributed by atoms with van der Waals surface area (Å²) in [4.78, 5) is 25.1. The van der Waals surface area contributed by atoms with Crippen molar-refractivity contribution in [2.24, 2.45) is 5.92 Å². The summed E-state index contributed by atoms with van der Waals surface area (Å²) < 4.78 is 5.36. The predicted molar refractivity (Wildman–Crippen MR) is 90.4 cm³/mol. The quantitative estimate of drug-likeness (QED) is 0.627. The number of esters is 1. The van der Waals surface area contributed by atoms with Crippen molar-refractivity contribution in [1.82, 2.24) is 10.2 Å². The van der Waals surface area contributed by atoms with Crippen LogP contribution in [-0.2, 0) is 16.0 Å². The Balaban J connectivity index is 2.18. The number of aromatic hydroxyl groups is 1. The molecule has 0 aliphatic heterocycles. The summed E-state index contributed by atoms with van der Waals surface area (Å²) >= 11 is 0. The van der Waals surface area contributed by atoms with Crippen molar-refractivity contribution in [3.63, 3.8) is 0 Å². The molecule has 134 valence electrons. The Hall–Kier alpha value is -2.54. The second-order valence-corrected chi connectivity index (χ2v) is 7.04. The van der Waals surface area contributed by atoms with Gasteiger partial charge in [-0.2, -0.15) is 0 Å². The summed E-state index contributed by atoms with van der Waals surface area (Å²) in [5.41, 5.74) is -0.0857. The van der Waals surface area contributed by atoms with Gasteiger partial charge in [0.25, 0.3) is 5.56 Å². The fraction of sp³-hybridized carbons (Fsp3) is 0.444. The van der Waals surface area contributed by atoms with Crippen LogP contribution in [0, 0.1) is 5.92 Å². The Morgan fingerprint density at radius 1 is 1.28 bits per heavy atom. The van der Waals surface area contributed by atoms with E-state index in [1.807, 2.05) is 0 Å². The molecule has 0 saturated carbocycles. The maximum absolute atomic E-state index is 12.8. The van der Waals surface area contributed by atoms with Gasteiger partial charge >= 0.3 is 5.97 Å². The average Bonchev–Trinajstić information content (AvgIpc) is 2.85. The number of rotatable bonds is 3. The van der Waals surface area contributed by atoms with Crippen LogP contribution in [0.15, 0.2) is 29.1 Å². The summed E-state index contributed by atoms with van der Waals surface area (Å²) in [6.45, 7) is 5.04. The smallest absolute Gasteiger partial charge is 0.313 e. The highest BCUT2D eigenvalue weighted by Crippen LogP contribution is 2.44. The van der Waals surface area contributed by atoms with Crippen LogP contribution in [0.2, 0.25) is 0 Å². The summed E-state index contributed by atoms with van der Waals surface area (Å²) in [6, 6.07) is 6.27. The number of phenolic OH excluding ortho intramolecular Hbond substituents is 1. The third-order valence-electron chi connectivity index (χ3n) is 4.60. The van der Waals surface area contributed by atoms with Crippen molar-refractivity contribution in [1.29, 1.82) is 0 Å². The van der Waals surface area contributed by atoms with E-state index in [-0.39, 0.29) is 23.8 Å². The van der Waals surface area contributed by atoms with Gasteiger partial charge in [-0.25, -0.2) is 0 Å². The third-order valence-corrected chi connectivity index (χ3v) is 4.60. The lowest BCUT2D eigenvalue weighted by Crippen LogP contribution is -2.50. The second-order valence-electron chi connectivity index (χ2n) is 7.04. The van der Waals surface area contributed by atoms with Gasteiger partial charge in [-0.15, -0.1) is 0 Å². The van der Waals surface area contributed by atoms with Crippen LogP contribution in [0.4, 0.5) is 0 Å². The highest BCUT2D eigenvalue weighted by Gasteiger charge is 2.51. The Kier molecular flexibility index (Phi) is 4.20. The minimum Gasteiger partial charge on any atom is -0.508 e. The number of hydrogen-bond acceptors (Lipinski definition) is 5. The lowest BCUT2D eigenvalue weighted by atomic mass is 9.66. The molecule has 1 aliphatic rings. The molecule has 2 aromatic rings. The summed E-state index contributed by atoms with van der Waals surface area (Å²) in [5, 5.41) is 25.8. The molecular formula is C18H22N2O5. The lowest BCUT2D eigenvalue weighted by Gasteiger charge is -2.40. The molecule has 1 aromatic heterocycles. The number of fused-ring (bicyclic) bond motifs is 1. The lowest BCUT2D eigenvalue weighted by molar-refractivity contribution is -0.163. The number of benzene rings is 1. The molecular weight excluding hydrogens is 324 g/mol. The van der Waals surface area contributed by atoms with Gasteiger partial charge < -0.3 is 20.0 Å². The molecule has 25 heavy (non-hydrogen) atoms. The fourth-order valence-corrected chi connectivity index (χ4v) is 3.60. The largest absolute Gasteiger partial charge is 0.508 e. The first-order valence-corrected chi connectivity index (χ1v) is 8.22. The van der Waals surface area contributed by atoms with Gasteiger partial charge in [0.05, 0.1) is 17.6 Å². The molecule has 0 radical (unpaired) electrons. The van der Waals surface area contributed by atoms with E-state index in [0.717, 1.165) is 0 Å². The van der Waals surface area contributed by atoms with E-state index in [2.05, 4.69) is 10.2 Å². The molecule has 1 aliphatic carbocycles. The molecule has 1 heterocycles. The van der Waals surface area contributed by atoms with Crippen molar-refractivity contribution >= 4 is 5.97 Å². The molecule has 0 spiro atoms. The highest BCUT2D eigenvalue weighted by molar-refractivity contribution is 5.77. The SMILES string of the molecule is CC(C)OC(=O)[C@H]1[C@@H](c2ccc(O)cc2)c2c([nH][nH]c2=O)C[C@@]1(C)O. The maximum Gasteiger partial charge on any atom is 0.313 e. The summed E-state index contributed by atoms with van der Waals surface area (Å²) in [5.74, 6) is -2.09. The molecule has 0 saturated heterocycles. The maximum atomic E-state index is 12.8. The predicted octanol–water partition coefficient (Wildman–Crippen LogP) is 1.42. The number of aromatic amines is 2. The number of aromatic nitrogens is 2. The van der Waals surface area contributed by atoms with Gasteiger partial charge in [0.1, 0.15) is 5.75 Å². The number of aliphatic hydroxyl groups is 1. The molecule has 4 N–H and O–H groups in total. The van der Waals surface area contributed by atoms with E-state index in [4.69, 9.17) is 4.74 Å². The molecule has 0 fully saturated rings. The van der Waals surface area contributed by atoms with Crippen LogP contribution in [0.25, 0.3) is 0 Å². The number of carbonyl (C=O) groups excluding carboxylic acids is 1. The van der Waals surface area contributed by atoms with Crippen LogP contribution in [0.5, 0.6) is 5.75 Å². The monoisotopic (exact) mass is 346 g/mol. The molecule has 7 nitrogen and oxygen atoms in total. The molecule has 3 rings (SSSR count). The van der Waals surface area contributed by atoms with Gasteiger partial charge in [-0.05, 0) is 38.5 Å². The van der Waals surface area contributed by atoms with E-state index in [9.17, 15) is 19.8 Å². The van der Waals surface area contributed by atoms with Gasteiger partial charge in [-0.3, -0.25) is 14.7 Å². The normalized spacial score (nSPS) is 25.6. The van der Waals surface area contributed by atoms with Gasteiger partial charge in [0, 0.05) is 23.6 Å². The molecule has 0 amide bonds. The summed E-state index contributed by atoms with van der Waals surface area (Å²) in [7, 11) is 0. The third kappa shape index (κ3) is 3.07. The van der Waals surface area contributed by atoms with E-state index < -0.39 is 23.4 Å². The zero-order chi connectivity index (χ0) is 18.4. The van der Waals surface area contributed by atoms with Crippen molar-refractivity contribution < 1.29 is 19.7 Å². The van der Waals surface area contributed by atoms with Crippen LogP contribution < -0.4 is 5.56 Å². The topological polar surface area (TPSA) is 115 Å². The first kappa shape index (κ1) is 17.3. The van der Waals surface area contributed by atoms with Crippen LogP contribution in [-0.4, -0.2) is 38.1 Å². The minimum atomic E-state index is -1.40. The minimum absolute atomic E-state index is 0.0795. The molecule has 0 unspecified atom stereocenters. The standard InChI is InChI=1S/C18H22N2O5/c1-9(2)25-17(23)15-13(10-4-6-11(21)7-5-10)14-12(8-18(15,3)24)19-20-16(14)22/h4-7,9,13,15,21,24H,8H2,1-3H3,(H2,19,20,22)/t13-,15+,18+/m0/s1. The van der Waals surface area contributed by atoms with Gasteiger partial charge in [0.2, 0.25) is 0 Å². The Labute approximate surface area is 144 Å². The average molecular weight is 346 g/mol. The number of hydrogen-bond donors (Lipinski definition) is 4. The Morgan fingerprint density at radius 3 is 2.52 bits per heavy atom. The number of H-pyrrole nitrogens is 2. The van der Waals surface area contributed by atoms with E-state index in [0.29, 0.717) is 16.8 Å². The Morgan fingerprint density at radius 2 is 1.92 bits per heavy atom. The van der Waals surface area contributed by atoms with Crippen molar-refractivity contribution in [2.45, 2.75) is 44.8 Å². The highest BCUT2D eigenvalue weighted by atomic mass is 16.5. The van der Waals surface area contributed by atoms with Crippen molar-refractivity contribution in [3.8, 4) is 5.75 Å². The molecule has 3 atom stereocenters. The first-order valence-electron chi connectivity index (χ1n) is 8.22. The number of carbonyl (C=O) groups is 1. The number of nitrogens with one attached hydrogen (secondary N) is 2.